The normalized spacial score (nSPS) is 20.9. The molecule has 1 heterocycles. The summed E-state index contributed by atoms with van der Waals surface area (Å²) < 4.78 is 19.5. The van der Waals surface area contributed by atoms with Crippen LogP contribution in [0.5, 0.6) is 0 Å². The highest BCUT2D eigenvalue weighted by Crippen LogP contribution is 2.42. The van der Waals surface area contributed by atoms with Crippen LogP contribution in [0.2, 0.25) is 6.32 Å². The van der Waals surface area contributed by atoms with E-state index in [4.69, 9.17) is 9.92 Å². The molecule has 0 aromatic heterocycles. The van der Waals surface area contributed by atoms with E-state index in [9.17, 15) is 4.39 Å². The summed E-state index contributed by atoms with van der Waals surface area (Å²) in [5, 5.41) is 8.90. The van der Waals surface area contributed by atoms with Gasteiger partial charge in [-0.15, -0.1) is 0 Å². The van der Waals surface area contributed by atoms with Crippen LogP contribution in [0.15, 0.2) is 18.2 Å². The highest BCUT2D eigenvalue weighted by molar-refractivity contribution is 6.67. The Morgan fingerprint density at radius 2 is 2.00 bits per heavy atom. The van der Waals surface area contributed by atoms with Crippen molar-refractivity contribution < 1.29 is 9.04 Å². The van der Waals surface area contributed by atoms with Gasteiger partial charge in [0.15, 0.2) is 0 Å². The number of halogens is 1. The Balaban J connectivity index is 2.28. The van der Waals surface area contributed by atoms with Crippen molar-refractivity contribution in [3.8, 4) is 6.07 Å². The first-order valence-corrected chi connectivity index (χ1v) is 6.64. The molecule has 0 amide bonds. The lowest BCUT2D eigenvalue weighted by molar-refractivity contribution is -0.0311. The Morgan fingerprint density at radius 3 is 2.58 bits per heavy atom. The summed E-state index contributed by atoms with van der Waals surface area (Å²) in [6, 6.07) is 6.56. The highest BCUT2D eigenvalue weighted by Gasteiger charge is 2.45. The van der Waals surface area contributed by atoms with Crippen LogP contribution in [-0.4, -0.2) is 12.5 Å². The molecule has 0 bridgehead atoms. The van der Waals surface area contributed by atoms with Gasteiger partial charge in [0.1, 0.15) is 11.9 Å². The van der Waals surface area contributed by atoms with E-state index in [1.807, 2.05) is 6.07 Å². The first-order chi connectivity index (χ1) is 8.77. The van der Waals surface area contributed by atoms with E-state index in [1.165, 1.54) is 6.07 Å². The van der Waals surface area contributed by atoms with Crippen LogP contribution in [-0.2, 0) is 4.65 Å². The topological polar surface area (TPSA) is 33.0 Å². The Morgan fingerprint density at radius 1 is 1.32 bits per heavy atom. The van der Waals surface area contributed by atoms with Crippen molar-refractivity contribution >= 4 is 12.4 Å². The van der Waals surface area contributed by atoms with E-state index in [1.54, 1.807) is 12.1 Å². The van der Waals surface area contributed by atoms with E-state index in [0.29, 0.717) is 0 Å². The quantitative estimate of drug-likeness (QED) is 0.726. The van der Waals surface area contributed by atoms with Crippen molar-refractivity contribution in [2.75, 3.05) is 0 Å². The van der Waals surface area contributed by atoms with Gasteiger partial charge in [-0.1, -0.05) is 19.9 Å². The van der Waals surface area contributed by atoms with Gasteiger partial charge in [-0.3, -0.25) is 0 Å². The lowest BCUT2D eigenvalue weighted by Gasteiger charge is -2.48. The van der Waals surface area contributed by atoms with Crippen LogP contribution < -0.4 is 5.46 Å². The van der Waals surface area contributed by atoms with Gasteiger partial charge in [-0.2, -0.15) is 5.26 Å². The lowest BCUT2D eigenvalue weighted by Crippen LogP contribution is -2.54. The largest absolute Gasteiger partial charge is 0.426 e. The summed E-state index contributed by atoms with van der Waals surface area (Å²) in [5.74, 6) is -0.471. The van der Waals surface area contributed by atoms with Crippen molar-refractivity contribution in [3.63, 3.8) is 0 Å². The van der Waals surface area contributed by atoms with E-state index >= 15 is 0 Å². The number of nitrogens with zero attached hydrogens (tertiary/aromatic N) is 1. The molecule has 1 aromatic rings. The number of rotatable bonds is 1. The molecule has 1 saturated heterocycles. The number of hydrogen-bond donors (Lipinski definition) is 0. The van der Waals surface area contributed by atoms with Crippen molar-refractivity contribution in [1.82, 2.24) is 0 Å². The lowest BCUT2D eigenvalue weighted by atomic mass is 9.50. The van der Waals surface area contributed by atoms with Crippen molar-refractivity contribution in [1.29, 1.82) is 5.26 Å². The minimum absolute atomic E-state index is 0.0595. The first kappa shape index (κ1) is 14.1. The van der Waals surface area contributed by atoms with E-state index in [-0.39, 0.29) is 23.5 Å². The molecule has 0 atom stereocenters. The van der Waals surface area contributed by atoms with E-state index < -0.39 is 5.82 Å². The molecule has 0 aliphatic carbocycles. The fourth-order valence-electron chi connectivity index (χ4n) is 2.43. The predicted molar refractivity (Wildman–Crippen MR) is 74.9 cm³/mol. The standard InChI is InChI=1S/C15H19BFNO/c1-14(2)7-8-16(19-15(14,3)4)12-5-6-13(17)11(9-12)10-18/h5-6,9H,7-8H2,1-4H3. The van der Waals surface area contributed by atoms with Gasteiger partial charge in [-0.05, 0) is 49.6 Å². The summed E-state index contributed by atoms with van der Waals surface area (Å²) in [7, 11) is 0. The zero-order valence-corrected chi connectivity index (χ0v) is 12.0. The third-order valence-corrected chi connectivity index (χ3v) is 4.58. The molecule has 1 fully saturated rings. The molecule has 1 aromatic carbocycles. The monoisotopic (exact) mass is 259 g/mol. The number of hydrogen-bond acceptors (Lipinski definition) is 2. The molecule has 4 heteroatoms. The van der Waals surface area contributed by atoms with Crippen molar-refractivity contribution in [2.24, 2.45) is 5.41 Å². The summed E-state index contributed by atoms with van der Waals surface area (Å²) in [5.41, 5.74) is 0.851. The van der Waals surface area contributed by atoms with Gasteiger partial charge in [0, 0.05) is 0 Å². The molecule has 0 N–H and O–H groups in total. The average Bonchev–Trinajstić information content (AvgIpc) is 2.33. The van der Waals surface area contributed by atoms with Gasteiger partial charge in [0.25, 0.3) is 0 Å². The Hall–Kier alpha value is -1.34. The molecule has 1 aliphatic rings. The maximum absolute atomic E-state index is 13.3. The summed E-state index contributed by atoms with van der Waals surface area (Å²) >= 11 is 0. The zero-order chi connectivity index (χ0) is 14.3. The smallest absolute Gasteiger partial charge is 0.327 e. The average molecular weight is 259 g/mol. The van der Waals surface area contributed by atoms with E-state index in [2.05, 4.69) is 27.7 Å². The molecule has 0 spiro atoms. The third-order valence-electron chi connectivity index (χ3n) is 4.58. The SMILES string of the molecule is CC1(C)CCB(c2ccc(F)c(C#N)c2)OC1(C)C. The van der Waals surface area contributed by atoms with Crippen LogP contribution in [0.3, 0.4) is 0 Å². The molecular formula is C15H19BFNO. The van der Waals surface area contributed by atoms with Gasteiger partial charge < -0.3 is 4.65 Å². The molecular weight excluding hydrogens is 240 g/mol. The van der Waals surface area contributed by atoms with Gasteiger partial charge >= 0.3 is 6.92 Å². The molecule has 2 nitrogen and oxygen atoms in total. The fraction of sp³-hybridized carbons (Fsp3) is 0.533. The van der Waals surface area contributed by atoms with Crippen molar-refractivity contribution in [2.45, 2.75) is 46.0 Å². The maximum Gasteiger partial charge on any atom is 0.327 e. The molecule has 0 unspecified atom stereocenters. The van der Waals surface area contributed by atoms with Crippen LogP contribution in [0.4, 0.5) is 4.39 Å². The molecule has 2 rings (SSSR count). The Labute approximate surface area is 114 Å². The fourth-order valence-corrected chi connectivity index (χ4v) is 2.43. The Kier molecular flexibility index (Phi) is 3.44. The first-order valence-electron chi connectivity index (χ1n) is 6.64. The molecule has 0 radical (unpaired) electrons. The molecule has 19 heavy (non-hydrogen) atoms. The van der Waals surface area contributed by atoms with Gasteiger partial charge in [-0.25, -0.2) is 4.39 Å². The van der Waals surface area contributed by atoms with Gasteiger partial charge in [0.2, 0.25) is 0 Å². The number of nitriles is 1. The highest BCUT2D eigenvalue weighted by atomic mass is 19.1. The van der Waals surface area contributed by atoms with Crippen LogP contribution in [0.1, 0.15) is 39.7 Å². The zero-order valence-electron chi connectivity index (χ0n) is 12.0. The van der Waals surface area contributed by atoms with E-state index in [0.717, 1.165) is 18.2 Å². The third kappa shape index (κ3) is 2.53. The molecule has 0 saturated carbocycles. The second-order valence-electron chi connectivity index (χ2n) is 6.39. The Bertz CT molecular complexity index is 533. The molecule has 100 valence electrons. The second kappa shape index (κ2) is 4.65. The van der Waals surface area contributed by atoms with Crippen LogP contribution in [0, 0.1) is 22.6 Å². The summed E-state index contributed by atoms with van der Waals surface area (Å²) in [6.07, 6.45) is 1.94. The summed E-state index contributed by atoms with van der Waals surface area (Å²) in [6.45, 7) is 8.53. The van der Waals surface area contributed by atoms with Gasteiger partial charge in [0.05, 0.1) is 11.2 Å². The minimum Gasteiger partial charge on any atom is -0.426 e. The number of benzene rings is 1. The molecule has 1 aliphatic heterocycles. The van der Waals surface area contributed by atoms with Crippen LogP contribution >= 0.6 is 0 Å². The van der Waals surface area contributed by atoms with Crippen molar-refractivity contribution in [3.05, 3.63) is 29.6 Å². The second-order valence-corrected chi connectivity index (χ2v) is 6.39. The summed E-state index contributed by atoms with van der Waals surface area (Å²) in [4.78, 5) is 0. The maximum atomic E-state index is 13.3. The van der Waals surface area contributed by atoms with Crippen LogP contribution in [0.25, 0.3) is 0 Å². The minimum atomic E-state index is -0.471. The predicted octanol–water partition coefficient (Wildman–Crippen LogP) is 3.12.